The fourth-order valence-electron chi connectivity index (χ4n) is 4.99. The molecule has 0 radical (unpaired) electrons. The van der Waals surface area contributed by atoms with E-state index in [2.05, 4.69) is 5.32 Å². The summed E-state index contributed by atoms with van der Waals surface area (Å²) in [6.07, 6.45) is 0.199. The number of benzene rings is 4. The van der Waals surface area contributed by atoms with Crippen LogP contribution in [0.15, 0.2) is 102 Å². The lowest BCUT2D eigenvalue weighted by Crippen LogP contribution is -2.56. The van der Waals surface area contributed by atoms with Crippen LogP contribution >= 0.6 is 23.2 Å². The molecule has 10 heteroatoms. The molecule has 0 aliphatic rings. The first-order valence-electron chi connectivity index (χ1n) is 14.9. The Morgan fingerprint density at radius 3 is 2.07 bits per heavy atom. The molecule has 242 valence electrons. The Balaban J connectivity index is 1.83. The molecule has 0 bridgehead atoms. The summed E-state index contributed by atoms with van der Waals surface area (Å²) in [5, 5.41) is 3.67. The van der Waals surface area contributed by atoms with Gasteiger partial charge in [-0.1, -0.05) is 89.4 Å². The number of nitrogens with one attached hydrogen (secondary N) is 1. The quantitative estimate of drug-likeness (QED) is 0.179. The van der Waals surface area contributed by atoms with Gasteiger partial charge in [-0.2, -0.15) is 0 Å². The van der Waals surface area contributed by atoms with Gasteiger partial charge in [0.2, 0.25) is 11.8 Å². The standard InChI is InChI=1S/C36H39Cl2N3O4S/c1-25-14-17-30(18-15-25)46(44,45)41(29-13-9-10-26(2)20-29)24-34(42)40(23-28-16-19-31(37)32(38)21-28)33(35(43)39-36(3,4)5)22-27-11-7-6-8-12-27/h6-21,33H,22-24H2,1-5H3,(H,39,43). The zero-order valence-corrected chi connectivity index (χ0v) is 29.0. The minimum Gasteiger partial charge on any atom is -0.350 e. The van der Waals surface area contributed by atoms with Crippen LogP contribution in [0.3, 0.4) is 0 Å². The van der Waals surface area contributed by atoms with Gasteiger partial charge in [0.25, 0.3) is 10.0 Å². The van der Waals surface area contributed by atoms with E-state index >= 15 is 0 Å². The number of carbonyl (C=O) groups excluding carboxylic acids is 2. The Labute approximate surface area is 282 Å². The second kappa shape index (κ2) is 14.7. The van der Waals surface area contributed by atoms with Crippen molar-refractivity contribution in [3.63, 3.8) is 0 Å². The third-order valence-electron chi connectivity index (χ3n) is 7.28. The highest BCUT2D eigenvalue weighted by molar-refractivity contribution is 7.92. The third-order valence-corrected chi connectivity index (χ3v) is 9.81. The van der Waals surface area contributed by atoms with Crippen molar-refractivity contribution in [3.8, 4) is 0 Å². The molecular formula is C36H39Cl2N3O4S. The minimum absolute atomic E-state index is 0.0168. The summed E-state index contributed by atoms with van der Waals surface area (Å²) in [4.78, 5) is 30.1. The van der Waals surface area contributed by atoms with Crippen molar-refractivity contribution >= 4 is 50.7 Å². The number of nitrogens with zero attached hydrogens (tertiary/aromatic N) is 2. The Bertz CT molecular complexity index is 1790. The normalized spacial score (nSPS) is 12.3. The second-order valence-corrected chi connectivity index (χ2v) is 15.1. The van der Waals surface area contributed by atoms with E-state index in [1.807, 2.05) is 71.0 Å². The van der Waals surface area contributed by atoms with Gasteiger partial charge in [0.1, 0.15) is 12.6 Å². The number of halogens is 2. The number of aryl methyl sites for hydroxylation is 2. The summed E-state index contributed by atoms with van der Waals surface area (Å²) in [6, 6.07) is 26.9. The fraction of sp³-hybridized carbons (Fsp3) is 0.278. The summed E-state index contributed by atoms with van der Waals surface area (Å²) in [6.45, 7) is 8.75. The molecule has 0 aliphatic carbocycles. The van der Waals surface area contributed by atoms with E-state index in [4.69, 9.17) is 23.2 Å². The molecule has 0 saturated carbocycles. The van der Waals surface area contributed by atoms with Gasteiger partial charge in [-0.15, -0.1) is 0 Å². The largest absolute Gasteiger partial charge is 0.350 e. The summed E-state index contributed by atoms with van der Waals surface area (Å²) >= 11 is 12.5. The Morgan fingerprint density at radius 2 is 1.46 bits per heavy atom. The Kier molecular flexibility index (Phi) is 11.2. The van der Waals surface area contributed by atoms with Crippen LogP contribution in [-0.4, -0.2) is 43.3 Å². The molecule has 0 fully saturated rings. The van der Waals surface area contributed by atoms with E-state index in [1.54, 1.807) is 48.5 Å². The zero-order valence-electron chi connectivity index (χ0n) is 26.6. The van der Waals surface area contributed by atoms with E-state index in [9.17, 15) is 18.0 Å². The van der Waals surface area contributed by atoms with Crippen LogP contribution in [0.4, 0.5) is 5.69 Å². The van der Waals surface area contributed by atoms with Crippen LogP contribution in [0.25, 0.3) is 0 Å². The van der Waals surface area contributed by atoms with Gasteiger partial charge in [-0.05, 0) is 87.7 Å². The molecule has 0 saturated heterocycles. The van der Waals surface area contributed by atoms with Crippen molar-refractivity contribution in [1.82, 2.24) is 10.2 Å². The number of rotatable bonds is 11. The molecule has 4 aromatic rings. The summed E-state index contributed by atoms with van der Waals surface area (Å²) in [5.41, 5.74) is 2.94. The summed E-state index contributed by atoms with van der Waals surface area (Å²) < 4.78 is 29.5. The lowest BCUT2D eigenvalue weighted by atomic mass is 10.0. The van der Waals surface area contributed by atoms with E-state index in [1.165, 1.54) is 17.0 Å². The average Bonchev–Trinajstić information content (AvgIpc) is 2.99. The van der Waals surface area contributed by atoms with Gasteiger partial charge in [-0.25, -0.2) is 8.42 Å². The van der Waals surface area contributed by atoms with Crippen molar-refractivity contribution in [2.24, 2.45) is 0 Å². The molecule has 2 amide bonds. The van der Waals surface area contributed by atoms with Crippen molar-refractivity contribution in [2.75, 3.05) is 10.8 Å². The van der Waals surface area contributed by atoms with Gasteiger partial charge in [0.15, 0.2) is 0 Å². The van der Waals surface area contributed by atoms with Gasteiger partial charge < -0.3 is 10.2 Å². The van der Waals surface area contributed by atoms with Crippen molar-refractivity contribution in [3.05, 3.63) is 129 Å². The molecule has 1 N–H and O–H groups in total. The van der Waals surface area contributed by atoms with E-state index < -0.39 is 34.1 Å². The number of sulfonamides is 1. The van der Waals surface area contributed by atoms with Crippen molar-refractivity contribution in [2.45, 2.75) is 64.1 Å². The van der Waals surface area contributed by atoms with E-state index in [-0.39, 0.29) is 23.8 Å². The van der Waals surface area contributed by atoms with Crippen LogP contribution in [0.1, 0.15) is 43.0 Å². The van der Waals surface area contributed by atoms with E-state index in [0.29, 0.717) is 21.3 Å². The summed E-state index contributed by atoms with van der Waals surface area (Å²) in [5.74, 6) is -0.929. The number of hydrogen-bond donors (Lipinski definition) is 1. The molecule has 0 spiro atoms. The zero-order chi connectivity index (χ0) is 33.6. The van der Waals surface area contributed by atoms with Crippen molar-refractivity contribution < 1.29 is 18.0 Å². The SMILES string of the molecule is Cc1ccc(S(=O)(=O)N(CC(=O)N(Cc2ccc(Cl)c(Cl)c2)C(Cc2ccccc2)C(=O)NC(C)(C)C)c2cccc(C)c2)cc1. The first-order chi connectivity index (χ1) is 21.6. The number of hydrogen-bond acceptors (Lipinski definition) is 4. The smallest absolute Gasteiger partial charge is 0.264 e. The molecule has 1 unspecified atom stereocenters. The molecule has 0 aliphatic heterocycles. The Morgan fingerprint density at radius 1 is 0.783 bits per heavy atom. The highest BCUT2D eigenvalue weighted by Gasteiger charge is 2.35. The molecule has 4 rings (SSSR count). The number of carbonyl (C=O) groups is 2. The fourth-order valence-corrected chi connectivity index (χ4v) is 6.72. The highest BCUT2D eigenvalue weighted by atomic mass is 35.5. The van der Waals surface area contributed by atoms with Crippen LogP contribution in [0.5, 0.6) is 0 Å². The first kappa shape index (κ1) is 35.0. The van der Waals surface area contributed by atoms with Crippen LogP contribution in [0, 0.1) is 13.8 Å². The molecule has 7 nitrogen and oxygen atoms in total. The van der Waals surface area contributed by atoms with Crippen LogP contribution in [0.2, 0.25) is 10.0 Å². The molecule has 1 atom stereocenters. The van der Waals surface area contributed by atoms with Gasteiger partial charge >= 0.3 is 0 Å². The predicted molar refractivity (Wildman–Crippen MR) is 186 cm³/mol. The number of amides is 2. The monoisotopic (exact) mass is 679 g/mol. The second-order valence-electron chi connectivity index (χ2n) is 12.4. The third kappa shape index (κ3) is 9.12. The minimum atomic E-state index is -4.19. The maximum atomic E-state index is 14.6. The maximum Gasteiger partial charge on any atom is 0.264 e. The lowest BCUT2D eigenvalue weighted by molar-refractivity contribution is -0.140. The van der Waals surface area contributed by atoms with Crippen LogP contribution < -0.4 is 9.62 Å². The number of anilines is 1. The van der Waals surface area contributed by atoms with Gasteiger partial charge in [-0.3, -0.25) is 13.9 Å². The lowest BCUT2D eigenvalue weighted by Gasteiger charge is -2.35. The predicted octanol–water partition coefficient (Wildman–Crippen LogP) is 7.36. The van der Waals surface area contributed by atoms with E-state index in [0.717, 1.165) is 21.0 Å². The molecule has 46 heavy (non-hydrogen) atoms. The first-order valence-corrected chi connectivity index (χ1v) is 17.1. The molecule has 4 aromatic carbocycles. The molecule has 0 heterocycles. The van der Waals surface area contributed by atoms with Gasteiger partial charge in [0.05, 0.1) is 20.6 Å². The van der Waals surface area contributed by atoms with Crippen molar-refractivity contribution in [1.29, 1.82) is 0 Å². The maximum absolute atomic E-state index is 14.6. The molecule has 0 aromatic heterocycles. The van der Waals surface area contributed by atoms with Crippen LogP contribution in [-0.2, 0) is 32.6 Å². The molecular weight excluding hydrogens is 641 g/mol. The Hall–Kier alpha value is -3.85. The highest BCUT2D eigenvalue weighted by Crippen LogP contribution is 2.28. The van der Waals surface area contributed by atoms with Gasteiger partial charge in [0, 0.05) is 18.5 Å². The topological polar surface area (TPSA) is 86.8 Å². The average molecular weight is 681 g/mol. The summed E-state index contributed by atoms with van der Waals surface area (Å²) in [7, 11) is -4.19.